The zero-order valence-electron chi connectivity index (χ0n) is 11.2. The molecule has 1 fully saturated rings. The molecule has 2 N–H and O–H groups in total. The largest absolute Gasteiger partial charge is 0.331 e. The third kappa shape index (κ3) is 1.57. The molecule has 1 saturated carbocycles. The van der Waals surface area contributed by atoms with Gasteiger partial charge in [0, 0.05) is 19.0 Å². The molecule has 0 spiro atoms. The normalized spacial score (nSPS) is 18.6. The van der Waals surface area contributed by atoms with E-state index in [0.717, 1.165) is 5.52 Å². The zero-order chi connectivity index (χ0) is 12.8. The van der Waals surface area contributed by atoms with Crippen LogP contribution in [0.4, 0.5) is 0 Å². The van der Waals surface area contributed by atoms with Crippen molar-refractivity contribution in [2.75, 3.05) is 6.54 Å². The van der Waals surface area contributed by atoms with E-state index in [1.165, 1.54) is 42.6 Å². The fraction of sp³-hybridized carbons (Fsp3) is 0.533. The Balaban J connectivity index is 2.20. The molecule has 2 aromatic rings. The van der Waals surface area contributed by atoms with Crippen LogP contribution in [0.2, 0.25) is 0 Å². The number of benzene rings is 1. The van der Waals surface area contributed by atoms with Crippen LogP contribution in [0.3, 0.4) is 0 Å². The van der Waals surface area contributed by atoms with Gasteiger partial charge in [-0.1, -0.05) is 18.9 Å². The summed E-state index contributed by atoms with van der Waals surface area (Å²) in [4.78, 5) is 4.88. The van der Waals surface area contributed by atoms with E-state index in [1.54, 1.807) is 0 Å². The summed E-state index contributed by atoms with van der Waals surface area (Å²) >= 11 is 0. The first-order valence-electron chi connectivity index (χ1n) is 6.80. The number of nitrogens with two attached hydrogens (primary N) is 1. The molecule has 3 heteroatoms. The molecule has 1 aromatic heterocycles. The highest BCUT2D eigenvalue weighted by Crippen LogP contribution is 2.40. The molecule has 1 aliphatic carbocycles. The summed E-state index contributed by atoms with van der Waals surface area (Å²) in [5.74, 6) is 1.18. The summed E-state index contributed by atoms with van der Waals surface area (Å²) in [5.41, 5.74) is 9.77. The first kappa shape index (κ1) is 11.7. The molecule has 1 heterocycles. The number of fused-ring (bicyclic) bond motifs is 1. The highest BCUT2D eigenvalue weighted by Gasteiger charge is 2.38. The van der Waals surface area contributed by atoms with Crippen LogP contribution in [0.15, 0.2) is 18.2 Å². The summed E-state index contributed by atoms with van der Waals surface area (Å²) in [6.45, 7) is 2.82. The van der Waals surface area contributed by atoms with Crippen molar-refractivity contribution in [1.29, 1.82) is 0 Å². The van der Waals surface area contributed by atoms with E-state index in [2.05, 4.69) is 36.7 Å². The Morgan fingerprint density at radius 1 is 1.33 bits per heavy atom. The van der Waals surface area contributed by atoms with E-state index < -0.39 is 0 Å². The second-order valence-electron chi connectivity index (χ2n) is 5.68. The lowest BCUT2D eigenvalue weighted by atomic mass is 9.85. The second-order valence-corrected chi connectivity index (χ2v) is 5.68. The summed E-state index contributed by atoms with van der Waals surface area (Å²) in [7, 11) is 2.12. The maximum Gasteiger partial charge on any atom is 0.117 e. The predicted octanol–water partition coefficient (Wildman–Crippen LogP) is 2.65. The third-order valence-corrected chi connectivity index (χ3v) is 4.46. The summed E-state index contributed by atoms with van der Waals surface area (Å²) in [6.07, 6.45) is 4.91. The van der Waals surface area contributed by atoms with E-state index >= 15 is 0 Å². The number of nitrogens with zero attached hydrogens (tertiary/aromatic N) is 2. The van der Waals surface area contributed by atoms with Crippen LogP contribution >= 0.6 is 0 Å². The molecule has 3 nitrogen and oxygen atoms in total. The Kier molecular flexibility index (Phi) is 2.67. The van der Waals surface area contributed by atoms with Crippen molar-refractivity contribution < 1.29 is 0 Å². The molecule has 0 atom stereocenters. The second kappa shape index (κ2) is 4.09. The van der Waals surface area contributed by atoms with Crippen LogP contribution in [0.25, 0.3) is 11.0 Å². The van der Waals surface area contributed by atoms with Crippen LogP contribution in [0, 0.1) is 6.92 Å². The van der Waals surface area contributed by atoms with Gasteiger partial charge in [-0.25, -0.2) is 4.98 Å². The summed E-state index contributed by atoms with van der Waals surface area (Å²) in [6, 6.07) is 6.48. The van der Waals surface area contributed by atoms with Gasteiger partial charge in [0.1, 0.15) is 5.82 Å². The molecule has 0 radical (unpaired) electrons. The van der Waals surface area contributed by atoms with Gasteiger partial charge in [-0.15, -0.1) is 0 Å². The quantitative estimate of drug-likeness (QED) is 0.881. The lowest BCUT2D eigenvalue weighted by molar-refractivity contribution is 0.414. The number of hydrogen-bond acceptors (Lipinski definition) is 2. The van der Waals surface area contributed by atoms with Gasteiger partial charge in [0.25, 0.3) is 0 Å². The van der Waals surface area contributed by atoms with Crippen molar-refractivity contribution in [1.82, 2.24) is 9.55 Å². The van der Waals surface area contributed by atoms with Crippen LogP contribution in [0.5, 0.6) is 0 Å². The maximum absolute atomic E-state index is 6.07. The Hall–Kier alpha value is -1.35. The van der Waals surface area contributed by atoms with Crippen molar-refractivity contribution in [2.24, 2.45) is 12.8 Å². The van der Waals surface area contributed by atoms with Crippen molar-refractivity contribution in [3.8, 4) is 0 Å². The van der Waals surface area contributed by atoms with Crippen LogP contribution in [-0.2, 0) is 12.5 Å². The Morgan fingerprint density at radius 2 is 2.06 bits per heavy atom. The van der Waals surface area contributed by atoms with Gasteiger partial charge >= 0.3 is 0 Å². The topological polar surface area (TPSA) is 43.8 Å². The van der Waals surface area contributed by atoms with Crippen molar-refractivity contribution >= 4 is 11.0 Å². The van der Waals surface area contributed by atoms with E-state index in [1.807, 2.05) is 0 Å². The first-order chi connectivity index (χ1) is 8.66. The minimum absolute atomic E-state index is 0.113. The molecule has 3 rings (SSSR count). The van der Waals surface area contributed by atoms with E-state index in [0.29, 0.717) is 6.54 Å². The molecule has 0 bridgehead atoms. The summed E-state index contributed by atoms with van der Waals surface area (Å²) < 4.78 is 2.24. The number of imidazole rings is 1. The van der Waals surface area contributed by atoms with Crippen molar-refractivity contribution in [3.63, 3.8) is 0 Å². The Labute approximate surface area is 108 Å². The fourth-order valence-electron chi connectivity index (χ4n) is 3.35. The third-order valence-electron chi connectivity index (χ3n) is 4.46. The van der Waals surface area contributed by atoms with E-state index in [-0.39, 0.29) is 5.41 Å². The molecule has 96 valence electrons. The lowest BCUT2D eigenvalue weighted by Crippen LogP contribution is -2.34. The Morgan fingerprint density at radius 3 is 2.72 bits per heavy atom. The van der Waals surface area contributed by atoms with Gasteiger partial charge in [0.05, 0.1) is 11.0 Å². The van der Waals surface area contributed by atoms with Gasteiger partial charge in [-0.2, -0.15) is 0 Å². The number of rotatable bonds is 2. The molecular formula is C15H21N3. The molecule has 0 saturated heterocycles. The molecule has 1 aromatic carbocycles. The van der Waals surface area contributed by atoms with E-state index in [4.69, 9.17) is 10.7 Å². The molecule has 0 amide bonds. The van der Waals surface area contributed by atoms with Gasteiger partial charge in [-0.05, 0) is 37.5 Å². The monoisotopic (exact) mass is 243 g/mol. The maximum atomic E-state index is 6.07. The van der Waals surface area contributed by atoms with Gasteiger partial charge < -0.3 is 10.3 Å². The Bertz CT molecular complexity index is 577. The minimum Gasteiger partial charge on any atom is -0.331 e. The highest BCUT2D eigenvalue weighted by atomic mass is 15.1. The van der Waals surface area contributed by atoms with Crippen LogP contribution < -0.4 is 5.73 Å². The smallest absolute Gasteiger partial charge is 0.117 e. The lowest BCUT2D eigenvalue weighted by Gasteiger charge is -2.26. The fourth-order valence-corrected chi connectivity index (χ4v) is 3.35. The van der Waals surface area contributed by atoms with Crippen LogP contribution in [0.1, 0.15) is 37.1 Å². The van der Waals surface area contributed by atoms with E-state index in [9.17, 15) is 0 Å². The van der Waals surface area contributed by atoms with Gasteiger partial charge in [-0.3, -0.25) is 0 Å². The minimum atomic E-state index is 0.113. The van der Waals surface area contributed by atoms with Gasteiger partial charge in [0.2, 0.25) is 0 Å². The number of hydrogen-bond donors (Lipinski definition) is 1. The first-order valence-corrected chi connectivity index (χ1v) is 6.80. The average molecular weight is 243 g/mol. The zero-order valence-corrected chi connectivity index (χ0v) is 11.2. The molecule has 0 unspecified atom stereocenters. The van der Waals surface area contributed by atoms with Crippen LogP contribution in [-0.4, -0.2) is 16.1 Å². The molecule has 0 aliphatic heterocycles. The predicted molar refractivity (Wildman–Crippen MR) is 74.7 cm³/mol. The molecular weight excluding hydrogens is 222 g/mol. The van der Waals surface area contributed by atoms with Crippen molar-refractivity contribution in [2.45, 2.75) is 38.0 Å². The highest BCUT2D eigenvalue weighted by molar-refractivity contribution is 5.77. The number of aryl methyl sites for hydroxylation is 2. The summed E-state index contributed by atoms with van der Waals surface area (Å²) in [5, 5.41) is 0. The number of aromatic nitrogens is 2. The standard InChI is InChI=1S/C15H21N3/c1-11-5-6-13-12(9-11)17-14(18(13)2)15(10-16)7-3-4-8-15/h5-6,9H,3-4,7-8,10,16H2,1-2H3. The van der Waals surface area contributed by atoms with Gasteiger partial charge in [0.15, 0.2) is 0 Å². The molecule has 1 aliphatic rings. The SMILES string of the molecule is Cc1ccc2c(c1)nc(C1(CN)CCCC1)n2C. The molecule has 18 heavy (non-hydrogen) atoms. The van der Waals surface area contributed by atoms with Crippen molar-refractivity contribution in [3.05, 3.63) is 29.6 Å². The average Bonchev–Trinajstić information content (AvgIpc) is 2.95.